The van der Waals surface area contributed by atoms with Crippen molar-refractivity contribution in [1.82, 2.24) is 0 Å². The van der Waals surface area contributed by atoms with Crippen LogP contribution in [0.25, 0.3) is 0 Å². The number of rotatable bonds is 15. The van der Waals surface area contributed by atoms with E-state index in [9.17, 15) is 0 Å². The van der Waals surface area contributed by atoms with E-state index in [1.807, 2.05) is 13.8 Å². The van der Waals surface area contributed by atoms with E-state index in [0.717, 1.165) is 6.54 Å². The summed E-state index contributed by atoms with van der Waals surface area (Å²) in [5, 5.41) is 0. The largest absolute Gasteiger partial charge is 0.330 e. The highest BCUT2D eigenvalue weighted by Gasteiger charge is 1.93. The van der Waals surface area contributed by atoms with Gasteiger partial charge in [0, 0.05) is 1.43 Å². The summed E-state index contributed by atoms with van der Waals surface area (Å²) in [7, 11) is 0. The molecule has 0 aliphatic heterocycles. The molecule has 0 unspecified atom stereocenters. The maximum Gasteiger partial charge on any atom is 0 e. The van der Waals surface area contributed by atoms with Gasteiger partial charge in [0.25, 0.3) is 0 Å². The van der Waals surface area contributed by atoms with Crippen molar-refractivity contribution in [3.63, 3.8) is 0 Å². The Balaban J connectivity index is -0.00000103. The van der Waals surface area contributed by atoms with Gasteiger partial charge in [0.15, 0.2) is 0 Å². The summed E-state index contributed by atoms with van der Waals surface area (Å²) in [6.45, 7) is 7.16. The molecule has 0 heterocycles. The number of unbranched alkanes of at least 4 members (excludes halogenated alkanes) is 14. The van der Waals surface area contributed by atoms with Gasteiger partial charge in [-0.3, -0.25) is 0 Å². The molecule has 0 aliphatic carbocycles. The van der Waals surface area contributed by atoms with Gasteiger partial charge in [0.05, 0.1) is 0 Å². The van der Waals surface area contributed by atoms with Crippen molar-refractivity contribution < 1.29 is 1.43 Å². The SMILES string of the molecule is CC.CCCCCCCCCCCCCCCCCN.[HH]. The lowest BCUT2D eigenvalue weighted by Gasteiger charge is -2.03. The second-order valence-electron chi connectivity index (χ2n) is 5.74. The molecular weight excluding hydrogens is 242 g/mol. The average Bonchev–Trinajstić information content (AvgIpc) is 2.50. The maximum atomic E-state index is 5.48. The zero-order valence-electron chi connectivity index (χ0n) is 14.9. The molecule has 0 saturated carbocycles. The van der Waals surface area contributed by atoms with E-state index in [1.165, 1.54) is 96.3 Å². The second-order valence-corrected chi connectivity index (χ2v) is 5.74. The second kappa shape index (κ2) is 24.0. The zero-order valence-corrected chi connectivity index (χ0v) is 14.9. The number of nitrogens with two attached hydrogens (primary N) is 1. The van der Waals surface area contributed by atoms with Crippen molar-refractivity contribution in [3.05, 3.63) is 0 Å². The molecule has 1 nitrogen and oxygen atoms in total. The Hall–Kier alpha value is -0.0400. The molecule has 0 spiro atoms. The lowest BCUT2D eigenvalue weighted by Crippen LogP contribution is -1.97. The van der Waals surface area contributed by atoms with Gasteiger partial charge < -0.3 is 5.73 Å². The Morgan fingerprint density at radius 1 is 0.500 bits per heavy atom. The Morgan fingerprint density at radius 2 is 0.750 bits per heavy atom. The molecule has 0 rings (SSSR count). The van der Waals surface area contributed by atoms with Gasteiger partial charge in [-0.1, -0.05) is 111 Å². The minimum Gasteiger partial charge on any atom is -0.330 e. The molecule has 2 N–H and O–H groups in total. The van der Waals surface area contributed by atoms with E-state index in [4.69, 9.17) is 5.73 Å². The van der Waals surface area contributed by atoms with Crippen LogP contribution < -0.4 is 5.73 Å². The van der Waals surface area contributed by atoms with Crippen molar-refractivity contribution in [2.75, 3.05) is 6.54 Å². The topological polar surface area (TPSA) is 26.0 Å². The smallest absolute Gasteiger partial charge is 0 e. The van der Waals surface area contributed by atoms with Crippen LogP contribution in [0.15, 0.2) is 0 Å². The van der Waals surface area contributed by atoms with Crippen LogP contribution in [0.1, 0.15) is 119 Å². The minimum absolute atomic E-state index is 0. The summed E-state index contributed by atoms with van der Waals surface area (Å²) < 4.78 is 0. The summed E-state index contributed by atoms with van der Waals surface area (Å²) in [4.78, 5) is 0. The fourth-order valence-electron chi connectivity index (χ4n) is 2.52. The third-order valence-corrected chi connectivity index (χ3v) is 3.81. The first kappa shape index (κ1) is 22.2. The molecule has 0 amide bonds. The predicted octanol–water partition coefficient (Wildman–Crippen LogP) is 7.09. The number of hydrogen-bond acceptors (Lipinski definition) is 1. The van der Waals surface area contributed by atoms with E-state index in [1.54, 1.807) is 0 Å². The first-order chi connectivity index (χ1) is 9.91. The van der Waals surface area contributed by atoms with Gasteiger partial charge in [-0.2, -0.15) is 0 Å². The highest BCUT2D eigenvalue weighted by atomic mass is 14.5. The fourth-order valence-corrected chi connectivity index (χ4v) is 2.52. The molecule has 0 bridgehead atoms. The monoisotopic (exact) mass is 287 g/mol. The van der Waals surface area contributed by atoms with Crippen LogP contribution in [0, 0.1) is 0 Å². The van der Waals surface area contributed by atoms with Crippen LogP contribution in [0.2, 0.25) is 0 Å². The molecule has 0 radical (unpaired) electrons. The van der Waals surface area contributed by atoms with Gasteiger partial charge in [0.1, 0.15) is 0 Å². The molecular formula is C19H45N. The van der Waals surface area contributed by atoms with E-state index < -0.39 is 0 Å². The normalized spacial score (nSPS) is 10.2. The summed E-state index contributed by atoms with van der Waals surface area (Å²) in [5.41, 5.74) is 5.48. The molecule has 126 valence electrons. The third kappa shape index (κ3) is 23.1. The molecule has 0 aromatic rings. The van der Waals surface area contributed by atoms with Crippen LogP contribution in [-0.2, 0) is 0 Å². The summed E-state index contributed by atoms with van der Waals surface area (Å²) in [5.74, 6) is 0. The molecule has 0 aliphatic rings. The number of hydrogen-bond donors (Lipinski definition) is 1. The fraction of sp³-hybridized carbons (Fsp3) is 1.00. The molecule has 0 atom stereocenters. The Kier molecular flexibility index (Phi) is 26.7. The van der Waals surface area contributed by atoms with Crippen molar-refractivity contribution in [2.45, 2.75) is 117 Å². The standard InChI is InChI=1S/C17H37N.C2H6.H2/c1-2-3-4-5-6-7-8-9-10-11-12-13-14-15-16-17-18;1-2;/h2-18H2,1H3;1-2H3;1H. The van der Waals surface area contributed by atoms with Crippen molar-refractivity contribution in [1.29, 1.82) is 0 Å². The van der Waals surface area contributed by atoms with Gasteiger partial charge in [-0.05, 0) is 13.0 Å². The molecule has 1 heteroatoms. The molecule has 0 aromatic carbocycles. The van der Waals surface area contributed by atoms with Crippen LogP contribution in [0.5, 0.6) is 0 Å². The Morgan fingerprint density at radius 3 is 1.00 bits per heavy atom. The van der Waals surface area contributed by atoms with Gasteiger partial charge in [-0.25, -0.2) is 0 Å². The Labute approximate surface area is 131 Å². The predicted molar refractivity (Wildman–Crippen MR) is 97.4 cm³/mol. The van der Waals surface area contributed by atoms with E-state index in [-0.39, 0.29) is 1.43 Å². The first-order valence-electron chi connectivity index (χ1n) is 9.62. The summed E-state index contributed by atoms with van der Waals surface area (Å²) in [6.07, 6.45) is 21.4. The van der Waals surface area contributed by atoms with E-state index in [0.29, 0.717) is 0 Å². The van der Waals surface area contributed by atoms with Crippen LogP contribution in [0.3, 0.4) is 0 Å². The quantitative estimate of drug-likeness (QED) is 0.320. The molecule has 20 heavy (non-hydrogen) atoms. The van der Waals surface area contributed by atoms with Gasteiger partial charge in [-0.15, -0.1) is 0 Å². The zero-order chi connectivity index (χ0) is 15.3. The summed E-state index contributed by atoms with van der Waals surface area (Å²) in [6, 6.07) is 0. The molecule has 0 fully saturated rings. The van der Waals surface area contributed by atoms with Crippen LogP contribution in [-0.4, -0.2) is 6.54 Å². The van der Waals surface area contributed by atoms with Gasteiger partial charge >= 0.3 is 0 Å². The van der Waals surface area contributed by atoms with Crippen molar-refractivity contribution in [2.24, 2.45) is 5.73 Å². The molecule has 0 saturated heterocycles. The van der Waals surface area contributed by atoms with Crippen LogP contribution in [0.4, 0.5) is 0 Å². The lowest BCUT2D eigenvalue weighted by atomic mass is 10.0. The first-order valence-corrected chi connectivity index (χ1v) is 9.62. The van der Waals surface area contributed by atoms with E-state index in [2.05, 4.69) is 6.92 Å². The molecule has 0 aromatic heterocycles. The van der Waals surface area contributed by atoms with Crippen LogP contribution >= 0.6 is 0 Å². The highest BCUT2D eigenvalue weighted by molar-refractivity contribution is 4.49. The third-order valence-electron chi connectivity index (χ3n) is 3.81. The Bertz CT molecular complexity index is 124. The van der Waals surface area contributed by atoms with Crippen molar-refractivity contribution >= 4 is 0 Å². The van der Waals surface area contributed by atoms with Gasteiger partial charge in [0.2, 0.25) is 0 Å². The minimum atomic E-state index is 0. The van der Waals surface area contributed by atoms with E-state index >= 15 is 0 Å². The lowest BCUT2D eigenvalue weighted by molar-refractivity contribution is 0.533. The maximum absolute atomic E-state index is 5.48. The highest BCUT2D eigenvalue weighted by Crippen LogP contribution is 2.13. The summed E-state index contributed by atoms with van der Waals surface area (Å²) >= 11 is 0. The average molecular weight is 288 g/mol. The van der Waals surface area contributed by atoms with Crippen molar-refractivity contribution in [3.8, 4) is 0 Å².